The van der Waals surface area contributed by atoms with Crippen molar-refractivity contribution in [2.24, 2.45) is 0 Å². The highest BCUT2D eigenvalue weighted by Gasteiger charge is 2.31. The number of carbonyl (C=O) groups excluding carboxylic acids is 1. The van der Waals surface area contributed by atoms with Gasteiger partial charge in [0.1, 0.15) is 0 Å². The van der Waals surface area contributed by atoms with Gasteiger partial charge in [0.2, 0.25) is 0 Å². The van der Waals surface area contributed by atoms with E-state index in [0.29, 0.717) is 25.8 Å². The maximum atomic E-state index is 13.0. The van der Waals surface area contributed by atoms with Crippen LogP contribution < -0.4 is 10.0 Å². The van der Waals surface area contributed by atoms with Crippen molar-refractivity contribution in [2.45, 2.75) is 17.1 Å². The van der Waals surface area contributed by atoms with Crippen molar-refractivity contribution >= 4 is 33.0 Å². The van der Waals surface area contributed by atoms with Crippen molar-refractivity contribution in [3.05, 3.63) is 82.0 Å². The molecule has 2 heterocycles. The fraction of sp³-hybridized carbons (Fsp3) is 0.292. The smallest absolute Gasteiger partial charge is 0.379 e. The van der Waals surface area contributed by atoms with Crippen molar-refractivity contribution in [2.75, 3.05) is 37.6 Å². The molecule has 12 heteroatoms. The van der Waals surface area contributed by atoms with E-state index in [4.69, 9.17) is 4.74 Å². The molecule has 1 atom stereocenters. The fourth-order valence-electron chi connectivity index (χ4n) is 3.85. The second kappa shape index (κ2) is 11.0. The van der Waals surface area contributed by atoms with Gasteiger partial charge < -0.3 is 10.1 Å². The Morgan fingerprint density at radius 1 is 1.06 bits per heavy atom. The number of nitrogens with zero attached hydrogens (tertiary/aromatic N) is 1. The van der Waals surface area contributed by atoms with Crippen molar-refractivity contribution in [3.63, 3.8) is 0 Å². The van der Waals surface area contributed by atoms with E-state index in [-0.39, 0.29) is 22.2 Å². The largest absolute Gasteiger partial charge is 0.416 e. The number of thiophene rings is 1. The molecule has 0 aliphatic carbocycles. The second-order valence-electron chi connectivity index (χ2n) is 8.10. The van der Waals surface area contributed by atoms with Crippen LogP contribution in [-0.2, 0) is 20.9 Å². The first-order valence-electron chi connectivity index (χ1n) is 11.1. The highest BCUT2D eigenvalue weighted by atomic mass is 32.2. The first-order chi connectivity index (χ1) is 17.1. The number of sulfonamides is 1. The lowest BCUT2D eigenvalue weighted by Gasteiger charge is -2.34. The highest BCUT2D eigenvalue weighted by molar-refractivity contribution is 7.92. The molecule has 192 valence electrons. The molecule has 1 aliphatic rings. The zero-order valence-corrected chi connectivity index (χ0v) is 20.6. The van der Waals surface area contributed by atoms with Gasteiger partial charge in [0.05, 0.1) is 29.7 Å². The van der Waals surface area contributed by atoms with E-state index in [1.165, 1.54) is 30.3 Å². The predicted molar refractivity (Wildman–Crippen MR) is 130 cm³/mol. The van der Waals surface area contributed by atoms with E-state index in [1.54, 1.807) is 11.3 Å². The minimum atomic E-state index is -4.61. The van der Waals surface area contributed by atoms with Crippen LogP contribution >= 0.6 is 11.3 Å². The van der Waals surface area contributed by atoms with Gasteiger partial charge >= 0.3 is 6.18 Å². The van der Waals surface area contributed by atoms with Gasteiger partial charge in [-0.1, -0.05) is 18.2 Å². The zero-order chi connectivity index (χ0) is 25.8. The van der Waals surface area contributed by atoms with Crippen molar-refractivity contribution in [1.82, 2.24) is 10.2 Å². The van der Waals surface area contributed by atoms with E-state index in [2.05, 4.69) is 14.9 Å². The number of alkyl halides is 3. The summed E-state index contributed by atoms with van der Waals surface area (Å²) in [5, 5.41) is 4.85. The number of nitrogens with one attached hydrogen (secondary N) is 2. The first kappa shape index (κ1) is 26.1. The number of ether oxygens (including phenoxy) is 1. The third-order valence-electron chi connectivity index (χ3n) is 5.66. The van der Waals surface area contributed by atoms with Gasteiger partial charge in [0, 0.05) is 35.8 Å². The average molecular weight is 540 g/mol. The Morgan fingerprint density at radius 2 is 1.81 bits per heavy atom. The lowest BCUT2D eigenvalue weighted by Crippen LogP contribution is -2.43. The summed E-state index contributed by atoms with van der Waals surface area (Å²) in [6.45, 7) is 2.99. The van der Waals surface area contributed by atoms with Crippen LogP contribution in [0.1, 0.15) is 26.8 Å². The molecule has 2 aromatic carbocycles. The van der Waals surface area contributed by atoms with Gasteiger partial charge in [0.15, 0.2) is 0 Å². The molecule has 0 bridgehead atoms. The van der Waals surface area contributed by atoms with Gasteiger partial charge in [-0.25, -0.2) is 8.42 Å². The summed E-state index contributed by atoms with van der Waals surface area (Å²) in [7, 11) is -4.23. The van der Waals surface area contributed by atoms with Crippen LogP contribution in [0.5, 0.6) is 0 Å². The molecular weight excluding hydrogens is 515 g/mol. The topological polar surface area (TPSA) is 87.7 Å². The summed E-state index contributed by atoms with van der Waals surface area (Å²) in [4.78, 5) is 16.0. The molecule has 1 aromatic heterocycles. The molecule has 0 saturated carbocycles. The van der Waals surface area contributed by atoms with Gasteiger partial charge in [-0.05, 0) is 47.8 Å². The molecule has 4 rings (SSSR count). The highest BCUT2D eigenvalue weighted by Crippen LogP contribution is 2.31. The number of benzene rings is 2. The Bertz CT molecular complexity index is 1290. The van der Waals surface area contributed by atoms with Crippen molar-refractivity contribution in [1.29, 1.82) is 0 Å². The Kier molecular flexibility index (Phi) is 7.98. The van der Waals surface area contributed by atoms with Gasteiger partial charge in [-0.3, -0.25) is 14.4 Å². The Hall–Kier alpha value is -2.93. The van der Waals surface area contributed by atoms with Crippen molar-refractivity contribution in [3.8, 4) is 0 Å². The van der Waals surface area contributed by atoms with Crippen LogP contribution in [0, 0.1) is 0 Å². The number of carbonyl (C=O) groups is 1. The molecule has 1 amide bonds. The lowest BCUT2D eigenvalue weighted by atomic mass is 10.1. The van der Waals surface area contributed by atoms with Crippen LogP contribution in [0.4, 0.5) is 18.9 Å². The van der Waals surface area contributed by atoms with E-state index in [0.717, 1.165) is 30.1 Å². The van der Waals surface area contributed by atoms with Crippen LogP contribution in [0.15, 0.2) is 70.9 Å². The standard InChI is InChI=1S/C24H24F3N3O4S2/c25-24(26,27)18-5-2-6-19(15-18)29-36(32,33)20-7-1-4-17(14-20)23(31)28-16-21(22-8-3-13-35-22)30-9-11-34-12-10-30/h1-8,13-15,21,29H,9-12,16H2,(H,28,31)/t21-/m0/s1. The summed E-state index contributed by atoms with van der Waals surface area (Å²) in [5.74, 6) is -0.457. The maximum Gasteiger partial charge on any atom is 0.416 e. The molecule has 36 heavy (non-hydrogen) atoms. The summed E-state index contributed by atoms with van der Waals surface area (Å²) in [5.41, 5.74) is -1.09. The maximum absolute atomic E-state index is 13.0. The number of anilines is 1. The number of rotatable bonds is 8. The molecule has 0 radical (unpaired) electrons. The molecule has 1 saturated heterocycles. The first-order valence-corrected chi connectivity index (χ1v) is 13.4. The van der Waals surface area contributed by atoms with Crippen LogP contribution in [0.25, 0.3) is 0 Å². The molecule has 1 fully saturated rings. The monoisotopic (exact) mass is 539 g/mol. The quantitative estimate of drug-likeness (QED) is 0.444. The summed E-state index contributed by atoms with van der Waals surface area (Å²) in [6.07, 6.45) is -4.61. The minimum Gasteiger partial charge on any atom is -0.379 e. The second-order valence-corrected chi connectivity index (χ2v) is 10.8. The minimum absolute atomic E-state index is 0.0488. The third kappa shape index (κ3) is 6.44. The number of hydrogen-bond acceptors (Lipinski definition) is 6. The van der Waals surface area contributed by atoms with Crippen molar-refractivity contribution < 1.29 is 31.1 Å². The normalized spacial score (nSPS) is 15.9. The predicted octanol–water partition coefficient (Wildman–Crippen LogP) is 4.37. The van der Waals surface area contributed by atoms with Gasteiger partial charge in [-0.2, -0.15) is 13.2 Å². The van der Waals surface area contributed by atoms with E-state index >= 15 is 0 Å². The van der Waals surface area contributed by atoms with E-state index in [1.807, 2.05) is 17.5 Å². The van der Waals surface area contributed by atoms with Crippen LogP contribution in [0.3, 0.4) is 0 Å². The van der Waals surface area contributed by atoms with E-state index in [9.17, 15) is 26.4 Å². The third-order valence-corrected chi connectivity index (χ3v) is 8.02. The molecule has 2 N–H and O–H groups in total. The van der Waals surface area contributed by atoms with Crippen LogP contribution in [0.2, 0.25) is 0 Å². The summed E-state index contributed by atoms with van der Waals surface area (Å²) in [6, 6.07) is 13.2. The van der Waals surface area contributed by atoms with Gasteiger partial charge in [-0.15, -0.1) is 11.3 Å². The summed E-state index contributed by atoms with van der Waals surface area (Å²) < 4.78 is 72.1. The Morgan fingerprint density at radius 3 is 2.50 bits per heavy atom. The van der Waals surface area contributed by atoms with E-state index < -0.39 is 27.7 Å². The Labute approximate surface area is 210 Å². The molecule has 0 unspecified atom stereocenters. The molecule has 0 spiro atoms. The SMILES string of the molecule is O=C(NC[C@@H](c1cccs1)N1CCOCC1)c1cccc(S(=O)(=O)Nc2cccc(C(F)(F)F)c2)c1. The number of amides is 1. The zero-order valence-electron chi connectivity index (χ0n) is 19.0. The molecule has 7 nitrogen and oxygen atoms in total. The fourth-order valence-corrected chi connectivity index (χ4v) is 5.80. The summed E-state index contributed by atoms with van der Waals surface area (Å²) >= 11 is 1.59. The van der Waals surface area contributed by atoms with Crippen LogP contribution in [-0.4, -0.2) is 52.1 Å². The molecule has 1 aliphatic heterocycles. The number of morpholine rings is 1. The Balaban J connectivity index is 1.47. The molecular formula is C24H24F3N3O4S2. The lowest BCUT2D eigenvalue weighted by molar-refractivity contribution is -0.137. The number of halogens is 3. The molecule has 3 aromatic rings. The number of hydrogen-bond donors (Lipinski definition) is 2. The van der Waals surface area contributed by atoms with Gasteiger partial charge in [0.25, 0.3) is 15.9 Å². The average Bonchev–Trinajstić information content (AvgIpc) is 3.39.